The average molecular weight is 228 g/mol. The standard InChI is InChI=1S/C12H24N2O2/c1-2-13-8-10(15)9-14-6-7-16-12-5-3-4-11(12)14/h10-13,15H,2-9H2,1H3. The second kappa shape index (κ2) is 5.96. The van der Waals surface area contributed by atoms with Gasteiger partial charge in [-0.05, 0) is 25.8 Å². The van der Waals surface area contributed by atoms with Crippen molar-refractivity contribution >= 4 is 0 Å². The number of ether oxygens (including phenoxy) is 1. The van der Waals surface area contributed by atoms with Crippen LogP contribution in [-0.2, 0) is 4.74 Å². The number of aliphatic hydroxyl groups is 1. The van der Waals surface area contributed by atoms with Gasteiger partial charge >= 0.3 is 0 Å². The van der Waals surface area contributed by atoms with Crippen molar-refractivity contribution in [2.24, 2.45) is 0 Å². The van der Waals surface area contributed by atoms with Gasteiger partial charge < -0.3 is 15.2 Å². The molecular formula is C12H24N2O2. The van der Waals surface area contributed by atoms with Crippen LogP contribution in [0.5, 0.6) is 0 Å². The van der Waals surface area contributed by atoms with Crippen molar-refractivity contribution in [1.82, 2.24) is 10.2 Å². The van der Waals surface area contributed by atoms with Gasteiger partial charge in [-0.3, -0.25) is 4.90 Å². The highest BCUT2D eigenvalue weighted by molar-refractivity contribution is 4.90. The highest BCUT2D eigenvalue weighted by Gasteiger charge is 2.36. The monoisotopic (exact) mass is 228 g/mol. The van der Waals surface area contributed by atoms with Crippen molar-refractivity contribution in [1.29, 1.82) is 0 Å². The molecule has 0 amide bonds. The van der Waals surface area contributed by atoms with Gasteiger partial charge in [-0.15, -0.1) is 0 Å². The number of hydrogen-bond donors (Lipinski definition) is 2. The van der Waals surface area contributed by atoms with Crippen molar-refractivity contribution in [3.8, 4) is 0 Å². The van der Waals surface area contributed by atoms with E-state index in [1.807, 2.05) is 0 Å². The maximum atomic E-state index is 9.91. The Balaban J connectivity index is 1.79. The van der Waals surface area contributed by atoms with Crippen LogP contribution in [0.1, 0.15) is 26.2 Å². The summed E-state index contributed by atoms with van der Waals surface area (Å²) in [6, 6.07) is 0.560. The summed E-state index contributed by atoms with van der Waals surface area (Å²) in [5.41, 5.74) is 0. The maximum Gasteiger partial charge on any atom is 0.0791 e. The van der Waals surface area contributed by atoms with E-state index in [0.717, 1.165) is 26.2 Å². The SMILES string of the molecule is CCNCC(O)CN1CCOC2CCCC21. The minimum atomic E-state index is -0.251. The second-order valence-corrected chi connectivity index (χ2v) is 4.86. The molecule has 4 heteroatoms. The summed E-state index contributed by atoms with van der Waals surface area (Å²) in [4.78, 5) is 2.42. The topological polar surface area (TPSA) is 44.7 Å². The smallest absolute Gasteiger partial charge is 0.0791 e. The molecule has 4 nitrogen and oxygen atoms in total. The minimum Gasteiger partial charge on any atom is -0.390 e. The van der Waals surface area contributed by atoms with Gasteiger partial charge in [0.05, 0.1) is 18.8 Å². The fourth-order valence-corrected chi connectivity index (χ4v) is 2.88. The lowest BCUT2D eigenvalue weighted by molar-refractivity contribution is -0.0668. The molecule has 2 fully saturated rings. The van der Waals surface area contributed by atoms with Gasteiger partial charge in [0.25, 0.3) is 0 Å². The third kappa shape index (κ3) is 2.94. The van der Waals surface area contributed by atoms with E-state index in [1.54, 1.807) is 0 Å². The van der Waals surface area contributed by atoms with Gasteiger partial charge in [0.2, 0.25) is 0 Å². The zero-order valence-corrected chi connectivity index (χ0v) is 10.2. The molecule has 16 heavy (non-hydrogen) atoms. The number of hydrogen-bond acceptors (Lipinski definition) is 4. The number of fused-ring (bicyclic) bond motifs is 1. The molecule has 0 aromatic heterocycles. The minimum absolute atomic E-state index is 0.251. The molecule has 0 radical (unpaired) electrons. The average Bonchev–Trinajstić information content (AvgIpc) is 2.75. The first kappa shape index (κ1) is 12.3. The molecule has 0 aromatic rings. The first-order chi connectivity index (χ1) is 7.81. The van der Waals surface area contributed by atoms with E-state index in [1.165, 1.54) is 19.3 Å². The van der Waals surface area contributed by atoms with Gasteiger partial charge in [-0.2, -0.15) is 0 Å². The molecule has 2 rings (SSSR count). The molecule has 3 unspecified atom stereocenters. The zero-order valence-electron chi connectivity index (χ0n) is 10.2. The number of aliphatic hydroxyl groups excluding tert-OH is 1. The Hall–Kier alpha value is -0.160. The van der Waals surface area contributed by atoms with Crippen molar-refractivity contribution < 1.29 is 9.84 Å². The van der Waals surface area contributed by atoms with E-state index in [2.05, 4.69) is 17.1 Å². The molecule has 0 spiro atoms. The normalized spacial score (nSPS) is 32.6. The third-order valence-corrected chi connectivity index (χ3v) is 3.67. The molecule has 1 heterocycles. The Kier molecular flexibility index (Phi) is 4.58. The van der Waals surface area contributed by atoms with Crippen LogP contribution in [0.4, 0.5) is 0 Å². The fraction of sp³-hybridized carbons (Fsp3) is 1.00. The highest BCUT2D eigenvalue weighted by Crippen LogP contribution is 2.29. The van der Waals surface area contributed by atoms with Gasteiger partial charge in [0, 0.05) is 25.7 Å². The summed E-state index contributed by atoms with van der Waals surface area (Å²) in [5, 5.41) is 13.1. The molecule has 1 saturated carbocycles. The Labute approximate surface area is 98.0 Å². The quantitative estimate of drug-likeness (QED) is 0.706. The van der Waals surface area contributed by atoms with Crippen LogP contribution in [0, 0.1) is 0 Å². The van der Waals surface area contributed by atoms with E-state index >= 15 is 0 Å². The fourth-order valence-electron chi connectivity index (χ4n) is 2.88. The first-order valence-electron chi connectivity index (χ1n) is 6.55. The summed E-state index contributed by atoms with van der Waals surface area (Å²) in [5.74, 6) is 0. The lowest BCUT2D eigenvalue weighted by Crippen LogP contribution is -2.52. The Morgan fingerprint density at radius 3 is 3.19 bits per heavy atom. The van der Waals surface area contributed by atoms with Crippen LogP contribution in [0.15, 0.2) is 0 Å². The number of likely N-dealkylation sites (N-methyl/N-ethyl adjacent to an activating group) is 1. The number of morpholine rings is 1. The highest BCUT2D eigenvalue weighted by atomic mass is 16.5. The Morgan fingerprint density at radius 1 is 1.50 bits per heavy atom. The third-order valence-electron chi connectivity index (χ3n) is 3.67. The van der Waals surface area contributed by atoms with E-state index in [0.29, 0.717) is 18.7 Å². The predicted molar refractivity (Wildman–Crippen MR) is 63.5 cm³/mol. The summed E-state index contributed by atoms with van der Waals surface area (Å²) < 4.78 is 5.76. The van der Waals surface area contributed by atoms with Gasteiger partial charge in [0.15, 0.2) is 0 Å². The molecule has 1 aliphatic heterocycles. The number of rotatable bonds is 5. The summed E-state index contributed by atoms with van der Waals surface area (Å²) in [7, 11) is 0. The largest absolute Gasteiger partial charge is 0.390 e. The zero-order chi connectivity index (χ0) is 11.4. The van der Waals surface area contributed by atoms with E-state index in [-0.39, 0.29) is 6.10 Å². The van der Waals surface area contributed by atoms with E-state index < -0.39 is 0 Å². The summed E-state index contributed by atoms with van der Waals surface area (Å²) in [6.07, 6.45) is 3.89. The number of nitrogens with one attached hydrogen (secondary N) is 1. The van der Waals surface area contributed by atoms with Crippen molar-refractivity contribution in [2.45, 2.75) is 44.4 Å². The number of nitrogens with zero attached hydrogens (tertiary/aromatic N) is 1. The van der Waals surface area contributed by atoms with Crippen LogP contribution in [-0.4, -0.2) is 61.0 Å². The first-order valence-corrected chi connectivity index (χ1v) is 6.55. The van der Waals surface area contributed by atoms with Crippen LogP contribution < -0.4 is 5.32 Å². The summed E-state index contributed by atoms with van der Waals surface area (Å²) in [6.45, 7) is 6.28. The van der Waals surface area contributed by atoms with Crippen LogP contribution in [0.3, 0.4) is 0 Å². The molecule has 2 aliphatic rings. The molecule has 2 N–H and O–H groups in total. The lowest BCUT2D eigenvalue weighted by atomic mass is 10.1. The Morgan fingerprint density at radius 2 is 2.38 bits per heavy atom. The molecular weight excluding hydrogens is 204 g/mol. The Bertz CT molecular complexity index is 213. The second-order valence-electron chi connectivity index (χ2n) is 4.86. The van der Waals surface area contributed by atoms with Crippen molar-refractivity contribution in [2.75, 3.05) is 32.8 Å². The predicted octanol–water partition coefficient (Wildman–Crippen LogP) is 0.210. The lowest BCUT2D eigenvalue weighted by Gasteiger charge is -2.38. The van der Waals surface area contributed by atoms with E-state index in [9.17, 15) is 5.11 Å². The molecule has 3 atom stereocenters. The van der Waals surface area contributed by atoms with Crippen LogP contribution in [0.25, 0.3) is 0 Å². The molecule has 94 valence electrons. The molecule has 0 bridgehead atoms. The van der Waals surface area contributed by atoms with Crippen molar-refractivity contribution in [3.63, 3.8) is 0 Å². The van der Waals surface area contributed by atoms with Crippen LogP contribution >= 0.6 is 0 Å². The van der Waals surface area contributed by atoms with Crippen molar-refractivity contribution in [3.05, 3.63) is 0 Å². The van der Waals surface area contributed by atoms with E-state index in [4.69, 9.17) is 4.74 Å². The maximum absolute atomic E-state index is 9.91. The molecule has 1 saturated heterocycles. The number of β-amino-alcohol motifs (C(OH)–C–C–N with tert-alkyl or cyclic N) is 1. The van der Waals surface area contributed by atoms with Crippen LogP contribution in [0.2, 0.25) is 0 Å². The molecule has 1 aliphatic carbocycles. The van der Waals surface area contributed by atoms with Gasteiger partial charge in [-0.25, -0.2) is 0 Å². The molecule has 0 aromatic carbocycles. The van der Waals surface area contributed by atoms with Gasteiger partial charge in [0.1, 0.15) is 0 Å². The summed E-state index contributed by atoms with van der Waals surface area (Å²) >= 11 is 0. The van der Waals surface area contributed by atoms with Gasteiger partial charge in [-0.1, -0.05) is 6.92 Å².